The van der Waals surface area contributed by atoms with Crippen molar-refractivity contribution >= 4 is 11.8 Å². The largest absolute Gasteiger partial charge is 0.382 e. The van der Waals surface area contributed by atoms with Crippen LogP contribution in [0.15, 0.2) is 0 Å². The summed E-state index contributed by atoms with van der Waals surface area (Å²) < 4.78 is 5.11. The topological polar surface area (TPSA) is 67.4 Å². The van der Waals surface area contributed by atoms with E-state index in [9.17, 15) is 9.59 Å². The second-order valence-electron chi connectivity index (χ2n) is 3.19. The van der Waals surface area contributed by atoms with Gasteiger partial charge in [-0.15, -0.1) is 0 Å². The van der Waals surface area contributed by atoms with Crippen molar-refractivity contribution in [2.75, 3.05) is 26.3 Å². The van der Waals surface area contributed by atoms with Crippen LogP contribution in [0.3, 0.4) is 0 Å². The molecule has 2 N–H and O–H groups in total. The van der Waals surface area contributed by atoms with Crippen LogP contribution in [0.5, 0.6) is 0 Å². The number of Topliss-reactive ketones (excluding diaryl/α,β-unsaturated/α-hetero) is 1. The molecule has 0 aromatic carbocycles. The molecular formula is C10H20N2O3. The Morgan fingerprint density at radius 3 is 2.47 bits per heavy atom. The van der Waals surface area contributed by atoms with Crippen LogP contribution in [0.2, 0.25) is 0 Å². The Labute approximate surface area is 90.6 Å². The minimum atomic E-state index is -0.229. The summed E-state index contributed by atoms with van der Waals surface area (Å²) in [5.74, 6) is 0.0756. The quantitative estimate of drug-likeness (QED) is 0.587. The molecule has 0 fully saturated rings. The number of hydrogen-bond acceptors (Lipinski definition) is 3. The van der Waals surface area contributed by atoms with Gasteiger partial charge in [0.2, 0.25) is 0 Å². The van der Waals surface area contributed by atoms with E-state index in [1.807, 2.05) is 6.92 Å². The predicted octanol–water partition coefficient (Wildman–Crippen LogP) is 0.691. The number of hydrogen-bond donors (Lipinski definition) is 2. The second-order valence-corrected chi connectivity index (χ2v) is 3.19. The molecule has 5 nitrogen and oxygen atoms in total. The number of urea groups is 1. The number of rotatable bonds is 8. The Morgan fingerprint density at radius 1 is 1.20 bits per heavy atom. The van der Waals surface area contributed by atoms with E-state index in [-0.39, 0.29) is 11.8 Å². The molecule has 0 radical (unpaired) electrons. The van der Waals surface area contributed by atoms with E-state index in [0.717, 1.165) is 6.42 Å². The molecule has 2 amide bonds. The molecule has 0 atom stereocenters. The Morgan fingerprint density at radius 2 is 1.87 bits per heavy atom. The summed E-state index contributed by atoms with van der Waals surface area (Å²) in [4.78, 5) is 21.7. The van der Waals surface area contributed by atoms with Gasteiger partial charge in [0.1, 0.15) is 5.78 Å². The van der Waals surface area contributed by atoms with E-state index >= 15 is 0 Å². The number of carbonyl (C=O) groups excluding carboxylic acids is 2. The van der Waals surface area contributed by atoms with Gasteiger partial charge in [0, 0.05) is 32.7 Å². The van der Waals surface area contributed by atoms with Crippen LogP contribution >= 0.6 is 0 Å². The third kappa shape index (κ3) is 10.8. The summed E-state index contributed by atoms with van der Waals surface area (Å²) in [6.07, 6.45) is 1.18. The van der Waals surface area contributed by atoms with E-state index in [1.165, 1.54) is 6.92 Å². The molecule has 0 aromatic heterocycles. The second kappa shape index (κ2) is 9.45. The zero-order valence-corrected chi connectivity index (χ0v) is 9.47. The Balaban J connectivity index is 3.22. The van der Waals surface area contributed by atoms with Crippen LogP contribution in [0.1, 0.15) is 26.7 Å². The van der Waals surface area contributed by atoms with Crippen molar-refractivity contribution in [2.45, 2.75) is 26.7 Å². The molecule has 0 saturated heterocycles. The maximum absolute atomic E-state index is 11.1. The molecule has 0 aromatic rings. The summed E-state index contributed by atoms with van der Waals surface area (Å²) >= 11 is 0. The molecule has 0 unspecified atom stereocenters. The molecule has 0 spiro atoms. The smallest absolute Gasteiger partial charge is 0.314 e. The maximum atomic E-state index is 11.1. The van der Waals surface area contributed by atoms with Crippen molar-refractivity contribution in [2.24, 2.45) is 0 Å². The third-order valence-electron chi connectivity index (χ3n) is 1.72. The lowest BCUT2D eigenvalue weighted by molar-refractivity contribution is -0.116. The molecule has 0 aliphatic carbocycles. The Hall–Kier alpha value is -1.10. The molecule has 0 aliphatic heterocycles. The van der Waals surface area contributed by atoms with Gasteiger partial charge in [-0.25, -0.2) is 4.79 Å². The lowest BCUT2D eigenvalue weighted by Gasteiger charge is -2.06. The van der Waals surface area contributed by atoms with Crippen molar-refractivity contribution in [3.63, 3.8) is 0 Å². The molecule has 0 saturated carbocycles. The van der Waals surface area contributed by atoms with Gasteiger partial charge in [-0.05, 0) is 20.3 Å². The number of carbonyl (C=O) groups is 2. The summed E-state index contributed by atoms with van der Waals surface area (Å²) in [6, 6.07) is -0.229. The number of nitrogens with one attached hydrogen (secondary N) is 2. The fourth-order valence-electron chi connectivity index (χ4n) is 0.935. The first-order chi connectivity index (χ1) is 7.16. The molecule has 15 heavy (non-hydrogen) atoms. The van der Waals surface area contributed by atoms with E-state index in [2.05, 4.69) is 10.6 Å². The summed E-state index contributed by atoms with van der Waals surface area (Å²) in [5, 5.41) is 5.27. The van der Waals surface area contributed by atoms with Gasteiger partial charge in [-0.3, -0.25) is 4.79 Å². The van der Waals surface area contributed by atoms with E-state index in [4.69, 9.17) is 4.74 Å². The minimum Gasteiger partial charge on any atom is -0.382 e. The predicted molar refractivity (Wildman–Crippen MR) is 57.8 cm³/mol. The maximum Gasteiger partial charge on any atom is 0.314 e. The number of amides is 2. The standard InChI is InChI=1S/C10H20N2O3/c1-3-15-8-4-6-11-10(14)12-7-5-9(2)13/h3-8H2,1-2H3,(H2,11,12,14). The molecule has 88 valence electrons. The highest BCUT2D eigenvalue weighted by molar-refractivity contribution is 5.77. The van der Waals surface area contributed by atoms with Crippen molar-refractivity contribution in [3.8, 4) is 0 Å². The van der Waals surface area contributed by atoms with Crippen LogP contribution in [0.4, 0.5) is 4.79 Å². The zero-order valence-electron chi connectivity index (χ0n) is 9.47. The first-order valence-electron chi connectivity index (χ1n) is 5.25. The van der Waals surface area contributed by atoms with E-state index in [1.54, 1.807) is 0 Å². The fourth-order valence-corrected chi connectivity index (χ4v) is 0.935. The number of ketones is 1. The lowest BCUT2D eigenvalue weighted by atomic mass is 10.3. The SMILES string of the molecule is CCOCCCNC(=O)NCCC(C)=O. The Kier molecular flexibility index (Phi) is 8.76. The highest BCUT2D eigenvalue weighted by Gasteiger charge is 1.99. The van der Waals surface area contributed by atoms with Crippen LogP contribution in [0.25, 0.3) is 0 Å². The van der Waals surface area contributed by atoms with Crippen molar-refractivity contribution in [1.82, 2.24) is 10.6 Å². The van der Waals surface area contributed by atoms with Gasteiger partial charge in [-0.2, -0.15) is 0 Å². The van der Waals surface area contributed by atoms with Crippen molar-refractivity contribution < 1.29 is 14.3 Å². The third-order valence-corrected chi connectivity index (χ3v) is 1.72. The van der Waals surface area contributed by atoms with Gasteiger partial charge in [0.15, 0.2) is 0 Å². The summed E-state index contributed by atoms with van der Waals surface area (Å²) in [7, 11) is 0. The minimum absolute atomic E-state index is 0.0756. The van der Waals surface area contributed by atoms with Crippen molar-refractivity contribution in [1.29, 1.82) is 0 Å². The summed E-state index contributed by atoms with van der Waals surface area (Å²) in [5.41, 5.74) is 0. The van der Waals surface area contributed by atoms with Gasteiger partial charge in [0.25, 0.3) is 0 Å². The normalized spacial score (nSPS) is 9.73. The fraction of sp³-hybridized carbons (Fsp3) is 0.800. The van der Waals surface area contributed by atoms with Gasteiger partial charge in [-0.1, -0.05) is 0 Å². The van der Waals surface area contributed by atoms with Gasteiger partial charge in [0.05, 0.1) is 0 Å². The van der Waals surface area contributed by atoms with Crippen molar-refractivity contribution in [3.05, 3.63) is 0 Å². The zero-order chi connectivity index (χ0) is 11.5. The molecule has 5 heteroatoms. The van der Waals surface area contributed by atoms with Crippen LogP contribution in [-0.4, -0.2) is 38.1 Å². The van der Waals surface area contributed by atoms with Crippen LogP contribution in [-0.2, 0) is 9.53 Å². The molecule has 0 rings (SSSR count). The first kappa shape index (κ1) is 13.9. The average Bonchev–Trinajstić information content (AvgIpc) is 2.17. The number of ether oxygens (including phenoxy) is 1. The first-order valence-corrected chi connectivity index (χ1v) is 5.25. The molecule has 0 bridgehead atoms. The monoisotopic (exact) mass is 216 g/mol. The van der Waals surface area contributed by atoms with Crippen LogP contribution < -0.4 is 10.6 Å². The Bertz CT molecular complexity index is 195. The van der Waals surface area contributed by atoms with E-state index in [0.29, 0.717) is 32.7 Å². The molecule has 0 heterocycles. The average molecular weight is 216 g/mol. The van der Waals surface area contributed by atoms with Gasteiger partial charge < -0.3 is 15.4 Å². The van der Waals surface area contributed by atoms with Gasteiger partial charge >= 0.3 is 6.03 Å². The molecular weight excluding hydrogens is 196 g/mol. The highest BCUT2D eigenvalue weighted by atomic mass is 16.5. The lowest BCUT2D eigenvalue weighted by Crippen LogP contribution is -2.37. The molecule has 0 aliphatic rings. The highest BCUT2D eigenvalue weighted by Crippen LogP contribution is 1.81. The van der Waals surface area contributed by atoms with Crippen LogP contribution in [0, 0.1) is 0 Å². The van der Waals surface area contributed by atoms with E-state index < -0.39 is 0 Å². The summed E-state index contributed by atoms with van der Waals surface area (Å²) in [6.45, 7) is 5.77.